The third-order valence-corrected chi connectivity index (χ3v) is 4.65. The van der Waals surface area contributed by atoms with Gasteiger partial charge in [0.25, 0.3) is 11.1 Å². The summed E-state index contributed by atoms with van der Waals surface area (Å²) in [6.45, 7) is 1.87. The van der Waals surface area contributed by atoms with Gasteiger partial charge in [-0.05, 0) is 48.9 Å². The van der Waals surface area contributed by atoms with E-state index in [0.29, 0.717) is 11.3 Å². The SMILES string of the molecule is Cc1ccc2nc3c(cc(C#N)c(=O)n3-c3ccc(Br)cc3)c(=O)n2c1. The highest BCUT2D eigenvalue weighted by atomic mass is 79.9. The molecule has 0 saturated heterocycles. The van der Waals surface area contributed by atoms with Crippen LogP contribution in [-0.2, 0) is 0 Å². The van der Waals surface area contributed by atoms with Gasteiger partial charge in [0.15, 0.2) is 5.65 Å². The second-order valence-corrected chi connectivity index (χ2v) is 6.79. The van der Waals surface area contributed by atoms with Crippen LogP contribution < -0.4 is 11.1 Å². The van der Waals surface area contributed by atoms with Crippen molar-refractivity contribution in [2.24, 2.45) is 0 Å². The van der Waals surface area contributed by atoms with Gasteiger partial charge in [-0.2, -0.15) is 5.26 Å². The molecule has 3 aromatic heterocycles. The summed E-state index contributed by atoms with van der Waals surface area (Å²) in [6, 6.07) is 13.8. The van der Waals surface area contributed by atoms with Crippen LogP contribution >= 0.6 is 15.9 Å². The molecule has 0 amide bonds. The van der Waals surface area contributed by atoms with Crippen LogP contribution in [-0.4, -0.2) is 14.0 Å². The molecule has 3 heterocycles. The van der Waals surface area contributed by atoms with Gasteiger partial charge in [0.1, 0.15) is 17.3 Å². The normalized spacial score (nSPS) is 11.0. The van der Waals surface area contributed by atoms with E-state index in [1.165, 1.54) is 15.0 Å². The van der Waals surface area contributed by atoms with Gasteiger partial charge in [0, 0.05) is 10.7 Å². The van der Waals surface area contributed by atoms with Gasteiger partial charge in [-0.3, -0.25) is 18.6 Å². The summed E-state index contributed by atoms with van der Waals surface area (Å²) in [5, 5.41) is 9.56. The number of nitriles is 1. The van der Waals surface area contributed by atoms with Crippen molar-refractivity contribution in [1.29, 1.82) is 5.26 Å². The second-order valence-electron chi connectivity index (χ2n) is 5.88. The van der Waals surface area contributed by atoms with Crippen molar-refractivity contribution in [3.63, 3.8) is 0 Å². The molecule has 0 fully saturated rings. The van der Waals surface area contributed by atoms with Crippen molar-refractivity contribution >= 4 is 32.6 Å². The Hall–Kier alpha value is -3.24. The van der Waals surface area contributed by atoms with Crippen LogP contribution in [0.4, 0.5) is 0 Å². The highest BCUT2D eigenvalue weighted by molar-refractivity contribution is 9.10. The Morgan fingerprint density at radius 3 is 2.50 bits per heavy atom. The Morgan fingerprint density at radius 1 is 1.08 bits per heavy atom. The van der Waals surface area contributed by atoms with Gasteiger partial charge < -0.3 is 0 Å². The molecule has 1 aromatic carbocycles. The van der Waals surface area contributed by atoms with E-state index in [9.17, 15) is 14.9 Å². The Bertz CT molecular complexity index is 1350. The molecule has 0 atom stereocenters. The number of aromatic nitrogens is 3. The van der Waals surface area contributed by atoms with Gasteiger partial charge in [0.2, 0.25) is 0 Å². The van der Waals surface area contributed by atoms with E-state index in [4.69, 9.17) is 0 Å². The van der Waals surface area contributed by atoms with Crippen LogP contribution in [0.1, 0.15) is 11.1 Å². The fraction of sp³-hybridized carbons (Fsp3) is 0.0526. The summed E-state index contributed by atoms with van der Waals surface area (Å²) in [5.41, 5.74) is 1.16. The Morgan fingerprint density at radius 2 is 1.81 bits per heavy atom. The molecule has 0 saturated carbocycles. The summed E-state index contributed by atoms with van der Waals surface area (Å²) in [7, 11) is 0. The third-order valence-electron chi connectivity index (χ3n) is 4.12. The van der Waals surface area contributed by atoms with E-state index in [1.807, 2.05) is 19.1 Å². The molecule has 4 aromatic rings. The molecule has 6 nitrogen and oxygen atoms in total. The average molecular weight is 407 g/mol. The molecular weight excluding hydrogens is 396 g/mol. The zero-order valence-corrected chi connectivity index (χ0v) is 15.2. The first-order valence-corrected chi connectivity index (χ1v) is 8.54. The van der Waals surface area contributed by atoms with Gasteiger partial charge >= 0.3 is 0 Å². The molecule has 0 aliphatic carbocycles. The zero-order chi connectivity index (χ0) is 18.4. The molecule has 7 heteroatoms. The van der Waals surface area contributed by atoms with Gasteiger partial charge in [-0.15, -0.1) is 0 Å². The molecule has 0 unspecified atom stereocenters. The van der Waals surface area contributed by atoms with Crippen molar-refractivity contribution in [3.05, 3.63) is 85.0 Å². The number of hydrogen-bond donors (Lipinski definition) is 0. The first kappa shape index (κ1) is 16.2. The van der Waals surface area contributed by atoms with E-state index in [2.05, 4.69) is 20.9 Å². The maximum Gasteiger partial charge on any atom is 0.274 e. The maximum atomic E-state index is 12.9. The minimum absolute atomic E-state index is 0.105. The number of rotatable bonds is 1. The van der Waals surface area contributed by atoms with Crippen LogP contribution in [0.3, 0.4) is 0 Å². The lowest BCUT2D eigenvalue weighted by Gasteiger charge is -2.12. The van der Waals surface area contributed by atoms with Gasteiger partial charge in [-0.1, -0.05) is 22.0 Å². The van der Waals surface area contributed by atoms with E-state index in [0.717, 1.165) is 10.0 Å². The first-order chi connectivity index (χ1) is 12.5. The van der Waals surface area contributed by atoms with Gasteiger partial charge in [0.05, 0.1) is 11.1 Å². The lowest BCUT2D eigenvalue weighted by Crippen LogP contribution is -2.26. The van der Waals surface area contributed by atoms with Crippen LogP contribution in [0.15, 0.2) is 62.7 Å². The third kappa shape index (κ3) is 2.43. The molecule has 26 heavy (non-hydrogen) atoms. The number of aryl methyl sites for hydroxylation is 1. The maximum absolute atomic E-state index is 12.9. The molecule has 4 rings (SSSR count). The van der Waals surface area contributed by atoms with Crippen LogP contribution in [0.2, 0.25) is 0 Å². The predicted octanol–water partition coefficient (Wildman–Crippen LogP) is 2.94. The molecule has 0 bridgehead atoms. The molecule has 126 valence electrons. The van der Waals surface area contributed by atoms with Crippen LogP contribution in [0, 0.1) is 18.3 Å². The zero-order valence-electron chi connectivity index (χ0n) is 13.6. The Balaban J connectivity index is 2.25. The lowest BCUT2D eigenvalue weighted by atomic mass is 10.2. The number of nitrogens with zero attached hydrogens (tertiary/aromatic N) is 4. The first-order valence-electron chi connectivity index (χ1n) is 7.74. The van der Waals surface area contributed by atoms with Crippen LogP contribution in [0.25, 0.3) is 22.4 Å². The number of fused-ring (bicyclic) bond motifs is 2. The molecule has 0 N–H and O–H groups in total. The van der Waals surface area contributed by atoms with Crippen molar-refractivity contribution in [2.75, 3.05) is 0 Å². The van der Waals surface area contributed by atoms with Crippen molar-refractivity contribution in [1.82, 2.24) is 14.0 Å². The number of pyridine rings is 2. The molecule has 0 aliphatic rings. The predicted molar refractivity (Wildman–Crippen MR) is 102 cm³/mol. The topological polar surface area (TPSA) is 80.2 Å². The Kier molecular flexibility index (Phi) is 3.71. The largest absolute Gasteiger partial charge is 0.274 e. The summed E-state index contributed by atoms with van der Waals surface area (Å²) in [5.74, 6) is 0. The van der Waals surface area contributed by atoms with Crippen LogP contribution in [0.5, 0.6) is 0 Å². The monoisotopic (exact) mass is 406 g/mol. The lowest BCUT2D eigenvalue weighted by molar-refractivity contribution is 0.980. The summed E-state index contributed by atoms with van der Waals surface area (Å²) in [6.07, 6.45) is 1.69. The van der Waals surface area contributed by atoms with Crippen molar-refractivity contribution in [3.8, 4) is 11.8 Å². The van der Waals surface area contributed by atoms with E-state index in [-0.39, 0.29) is 22.2 Å². The average Bonchev–Trinajstić information content (AvgIpc) is 2.63. The summed E-state index contributed by atoms with van der Waals surface area (Å²) < 4.78 is 3.58. The molecule has 0 spiro atoms. The molecular formula is C19H11BrN4O2. The fourth-order valence-electron chi connectivity index (χ4n) is 2.88. The van der Waals surface area contributed by atoms with E-state index in [1.54, 1.807) is 36.5 Å². The van der Waals surface area contributed by atoms with Crippen molar-refractivity contribution in [2.45, 2.75) is 6.92 Å². The highest BCUT2D eigenvalue weighted by Crippen LogP contribution is 2.17. The minimum atomic E-state index is -0.509. The second kappa shape index (κ2) is 5.93. The molecule has 0 aliphatic heterocycles. The van der Waals surface area contributed by atoms with E-state index >= 15 is 0 Å². The Labute approximate surface area is 155 Å². The van der Waals surface area contributed by atoms with Gasteiger partial charge in [-0.25, -0.2) is 4.98 Å². The fourth-order valence-corrected chi connectivity index (χ4v) is 3.14. The number of benzene rings is 1. The summed E-state index contributed by atoms with van der Waals surface area (Å²) >= 11 is 3.36. The van der Waals surface area contributed by atoms with E-state index < -0.39 is 5.56 Å². The standard InChI is InChI=1S/C19H11BrN4O2/c1-11-2-7-16-22-17-15(19(26)23(16)10-11)8-12(9-21)18(25)24(17)14-5-3-13(20)4-6-14/h2-8,10H,1H3. The van der Waals surface area contributed by atoms with Crippen molar-refractivity contribution < 1.29 is 0 Å². The summed E-state index contributed by atoms with van der Waals surface area (Å²) in [4.78, 5) is 30.2. The number of halogens is 1. The number of hydrogen-bond acceptors (Lipinski definition) is 4. The minimum Gasteiger partial charge on any atom is -0.268 e. The molecule has 0 radical (unpaired) electrons. The highest BCUT2D eigenvalue weighted by Gasteiger charge is 2.16. The smallest absolute Gasteiger partial charge is 0.268 e. The quantitative estimate of drug-likeness (QED) is 0.455.